The largest absolute Gasteiger partial charge is 0.378 e. The second-order valence-corrected chi connectivity index (χ2v) is 9.37. The fraction of sp³-hybridized carbons (Fsp3) is 0.480. The van der Waals surface area contributed by atoms with Gasteiger partial charge in [-0.15, -0.1) is 0 Å². The molecule has 2 fully saturated rings. The number of rotatable bonds is 4. The number of imidazole rings is 2. The maximum Gasteiger partial charge on any atom is 0.239 e. The van der Waals surface area contributed by atoms with Crippen molar-refractivity contribution in [2.45, 2.75) is 26.3 Å². The third-order valence-corrected chi connectivity index (χ3v) is 7.16. The van der Waals surface area contributed by atoms with Crippen LogP contribution in [0.3, 0.4) is 0 Å². The first kappa shape index (κ1) is 21.9. The van der Waals surface area contributed by atoms with Gasteiger partial charge in [-0.3, -0.25) is 9.47 Å². The molecule has 0 aliphatic carbocycles. The number of nitrogens with zero attached hydrogens (tertiary/aromatic N) is 9. The molecule has 2 aliphatic rings. The van der Waals surface area contributed by atoms with E-state index >= 15 is 0 Å². The maximum absolute atomic E-state index is 9.23. The van der Waals surface area contributed by atoms with Crippen LogP contribution in [0.4, 0.5) is 5.82 Å². The minimum atomic E-state index is 0.168. The van der Waals surface area contributed by atoms with Gasteiger partial charge in [0.15, 0.2) is 17.0 Å². The molecule has 0 unspecified atom stereocenters. The van der Waals surface area contributed by atoms with Crippen LogP contribution in [0.2, 0.25) is 0 Å². The molecular weight excluding hydrogens is 442 g/mol. The summed E-state index contributed by atoms with van der Waals surface area (Å²) >= 11 is 0. The van der Waals surface area contributed by atoms with Crippen LogP contribution in [-0.2, 0) is 18.3 Å². The Hall–Kier alpha value is -3.55. The highest BCUT2D eigenvalue weighted by atomic mass is 16.5. The van der Waals surface area contributed by atoms with Gasteiger partial charge in [0.1, 0.15) is 11.6 Å². The normalized spacial score (nSPS) is 17.9. The highest BCUT2D eigenvalue weighted by Gasteiger charge is 2.25. The summed E-state index contributed by atoms with van der Waals surface area (Å²) in [6, 6.07) is 10.5. The molecule has 180 valence electrons. The van der Waals surface area contributed by atoms with Gasteiger partial charge in [-0.2, -0.15) is 15.2 Å². The van der Waals surface area contributed by atoms with Gasteiger partial charge in [0.2, 0.25) is 5.95 Å². The van der Waals surface area contributed by atoms with Crippen molar-refractivity contribution >= 4 is 28.0 Å². The zero-order valence-electron chi connectivity index (χ0n) is 20.2. The number of fused-ring (bicyclic) bond motifs is 2. The number of morpholine rings is 1. The zero-order valence-corrected chi connectivity index (χ0v) is 20.2. The molecule has 1 aromatic carbocycles. The number of benzene rings is 1. The topological polar surface area (TPSA) is 101 Å². The zero-order chi connectivity index (χ0) is 23.9. The predicted octanol–water partition coefficient (Wildman–Crippen LogP) is 2.58. The highest BCUT2D eigenvalue weighted by molar-refractivity contribution is 5.86. The molecule has 0 atom stereocenters. The number of aryl methyl sites for hydroxylation is 2. The van der Waals surface area contributed by atoms with Gasteiger partial charge < -0.3 is 14.2 Å². The van der Waals surface area contributed by atoms with Crippen molar-refractivity contribution in [2.24, 2.45) is 13.0 Å². The number of ether oxygens (including phenoxy) is 1. The fourth-order valence-corrected chi connectivity index (χ4v) is 5.14. The van der Waals surface area contributed by atoms with Gasteiger partial charge in [0, 0.05) is 26.1 Å². The van der Waals surface area contributed by atoms with Crippen molar-refractivity contribution in [1.82, 2.24) is 34.0 Å². The summed E-state index contributed by atoms with van der Waals surface area (Å²) in [7, 11) is 2.03. The minimum Gasteiger partial charge on any atom is -0.378 e. The molecule has 10 heteroatoms. The van der Waals surface area contributed by atoms with Crippen LogP contribution in [0.1, 0.15) is 24.5 Å². The second-order valence-electron chi connectivity index (χ2n) is 9.37. The van der Waals surface area contributed by atoms with Gasteiger partial charge in [0.25, 0.3) is 0 Å². The first-order valence-electron chi connectivity index (χ1n) is 12.2. The molecule has 10 nitrogen and oxygen atoms in total. The van der Waals surface area contributed by atoms with Crippen molar-refractivity contribution in [3.05, 3.63) is 35.9 Å². The van der Waals surface area contributed by atoms with Gasteiger partial charge in [-0.25, -0.2) is 9.97 Å². The SMILES string of the molecule is Cc1nc2ccccc2n1-c1nc(N2CCOCC2)c2nc(CN3CCC(C#N)CC3)n(C)c2n1. The Labute approximate surface area is 203 Å². The Morgan fingerprint density at radius 1 is 1.03 bits per heavy atom. The van der Waals surface area contributed by atoms with E-state index in [0.717, 1.165) is 85.2 Å². The van der Waals surface area contributed by atoms with Gasteiger partial charge in [-0.1, -0.05) is 12.1 Å². The van der Waals surface area contributed by atoms with E-state index in [1.807, 2.05) is 36.7 Å². The van der Waals surface area contributed by atoms with E-state index in [1.54, 1.807) is 0 Å². The van der Waals surface area contributed by atoms with Gasteiger partial charge in [-0.05, 0) is 45.0 Å². The van der Waals surface area contributed by atoms with E-state index < -0.39 is 0 Å². The summed E-state index contributed by atoms with van der Waals surface area (Å²) in [5, 5.41) is 9.23. The summed E-state index contributed by atoms with van der Waals surface area (Å²) in [5.41, 5.74) is 3.55. The molecular formula is C25H29N9O. The number of para-hydroxylation sites is 2. The molecule has 0 amide bonds. The Bertz CT molecular complexity index is 1420. The average molecular weight is 472 g/mol. The number of anilines is 1. The highest BCUT2D eigenvalue weighted by Crippen LogP contribution is 2.29. The molecule has 3 aromatic heterocycles. The molecule has 4 aromatic rings. The van der Waals surface area contributed by atoms with E-state index in [1.165, 1.54) is 0 Å². The van der Waals surface area contributed by atoms with Crippen molar-refractivity contribution in [2.75, 3.05) is 44.3 Å². The molecule has 0 spiro atoms. The lowest BCUT2D eigenvalue weighted by Crippen LogP contribution is -2.37. The van der Waals surface area contributed by atoms with Crippen molar-refractivity contribution in [1.29, 1.82) is 5.26 Å². The third kappa shape index (κ3) is 3.90. The standard InChI is InChI=1S/C25H29N9O/c1-17-27-19-5-3-4-6-20(19)34(17)25-29-23-22(24(30-25)33-11-13-35-14-12-33)28-21(31(23)2)16-32-9-7-18(15-26)8-10-32/h3-6,18H,7-14,16H2,1-2H3. The molecule has 2 saturated heterocycles. The third-order valence-electron chi connectivity index (χ3n) is 7.16. The van der Waals surface area contributed by atoms with E-state index in [0.29, 0.717) is 19.2 Å². The number of nitriles is 1. The summed E-state index contributed by atoms with van der Waals surface area (Å²) < 4.78 is 9.72. The second kappa shape index (κ2) is 8.91. The quantitative estimate of drug-likeness (QED) is 0.448. The molecule has 5 heterocycles. The summed E-state index contributed by atoms with van der Waals surface area (Å²) in [6.45, 7) is 7.41. The van der Waals surface area contributed by atoms with E-state index in [4.69, 9.17) is 24.7 Å². The summed E-state index contributed by atoms with van der Waals surface area (Å²) in [6.07, 6.45) is 1.83. The number of likely N-dealkylation sites (tertiary alicyclic amines) is 1. The number of piperidine rings is 1. The Morgan fingerprint density at radius 2 is 1.80 bits per heavy atom. The Kier molecular flexibility index (Phi) is 5.59. The molecule has 0 saturated carbocycles. The number of hydrogen-bond acceptors (Lipinski definition) is 8. The lowest BCUT2D eigenvalue weighted by molar-refractivity contribution is 0.122. The van der Waals surface area contributed by atoms with Crippen LogP contribution in [0.25, 0.3) is 28.1 Å². The fourth-order valence-electron chi connectivity index (χ4n) is 5.14. The van der Waals surface area contributed by atoms with Crippen molar-refractivity contribution < 1.29 is 4.74 Å². The average Bonchev–Trinajstić information content (AvgIpc) is 3.40. The van der Waals surface area contributed by atoms with E-state index in [-0.39, 0.29) is 5.92 Å². The van der Waals surface area contributed by atoms with Crippen LogP contribution in [-0.4, -0.2) is 73.4 Å². The molecule has 6 rings (SSSR count). The Morgan fingerprint density at radius 3 is 2.57 bits per heavy atom. The lowest BCUT2D eigenvalue weighted by Gasteiger charge is -2.28. The molecule has 35 heavy (non-hydrogen) atoms. The van der Waals surface area contributed by atoms with Crippen LogP contribution >= 0.6 is 0 Å². The summed E-state index contributed by atoms with van der Waals surface area (Å²) in [5.74, 6) is 3.43. The van der Waals surface area contributed by atoms with Crippen molar-refractivity contribution in [3.63, 3.8) is 0 Å². The molecule has 2 aliphatic heterocycles. The monoisotopic (exact) mass is 471 g/mol. The van der Waals surface area contributed by atoms with Crippen LogP contribution in [0.15, 0.2) is 24.3 Å². The first-order chi connectivity index (χ1) is 17.1. The van der Waals surface area contributed by atoms with E-state index in [2.05, 4.69) is 26.5 Å². The van der Waals surface area contributed by atoms with Crippen molar-refractivity contribution in [3.8, 4) is 12.0 Å². The van der Waals surface area contributed by atoms with E-state index in [9.17, 15) is 5.26 Å². The van der Waals surface area contributed by atoms with Crippen LogP contribution < -0.4 is 4.90 Å². The Balaban J connectivity index is 1.46. The van der Waals surface area contributed by atoms with Gasteiger partial charge in [0.05, 0.1) is 36.9 Å². The maximum atomic E-state index is 9.23. The smallest absolute Gasteiger partial charge is 0.239 e. The number of hydrogen-bond donors (Lipinski definition) is 0. The molecule has 0 N–H and O–H groups in total. The first-order valence-corrected chi connectivity index (χ1v) is 12.2. The predicted molar refractivity (Wildman–Crippen MR) is 132 cm³/mol. The molecule has 0 radical (unpaired) electrons. The minimum absolute atomic E-state index is 0.168. The molecule has 0 bridgehead atoms. The lowest BCUT2D eigenvalue weighted by atomic mass is 9.99. The summed E-state index contributed by atoms with van der Waals surface area (Å²) in [4.78, 5) is 24.5. The number of aromatic nitrogens is 6. The van der Waals surface area contributed by atoms with Gasteiger partial charge >= 0.3 is 0 Å². The van der Waals surface area contributed by atoms with Crippen LogP contribution in [0.5, 0.6) is 0 Å². The van der Waals surface area contributed by atoms with Crippen LogP contribution in [0, 0.1) is 24.2 Å².